The van der Waals surface area contributed by atoms with E-state index in [-0.39, 0.29) is 19.1 Å². The van der Waals surface area contributed by atoms with Crippen molar-refractivity contribution in [2.75, 3.05) is 25.5 Å². The Balaban J connectivity index is 2.13. The number of benzene rings is 1. The summed E-state index contributed by atoms with van der Waals surface area (Å²) in [4.78, 5) is 11.4. The van der Waals surface area contributed by atoms with E-state index in [2.05, 4.69) is 5.32 Å². The van der Waals surface area contributed by atoms with Crippen LogP contribution in [0.1, 0.15) is 19.3 Å². The Labute approximate surface area is 107 Å². The number of aliphatic hydroxyl groups excluding tert-OH is 1. The van der Waals surface area contributed by atoms with Gasteiger partial charge in [0, 0.05) is 24.9 Å². The lowest BCUT2D eigenvalue weighted by Crippen LogP contribution is -2.29. The molecular weight excluding hydrogens is 232 g/mol. The Morgan fingerprint density at radius 1 is 1.33 bits per heavy atom. The number of unbranched alkanes of at least 4 members (excludes halogenated alkanes) is 2. The zero-order valence-electron chi connectivity index (χ0n) is 10.4. The van der Waals surface area contributed by atoms with Crippen LogP contribution in [0.15, 0.2) is 24.3 Å². The average molecular weight is 252 g/mol. The number of hydrogen-bond acceptors (Lipinski definition) is 4. The summed E-state index contributed by atoms with van der Waals surface area (Å²) < 4.78 is 5.29. The fraction of sp³-hybridized carbons (Fsp3) is 0.462. The molecule has 0 unspecified atom stereocenters. The SMILES string of the molecule is Nc1cccc(OCC(=O)NCCCCCO)c1. The molecule has 0 saturated carbocycles. The highest BCUT2D eigenvalue weighted by atomic mass is 16.5. The molecule has 0 aliphatic carbocycles. The largest absolute Gasteiger partial charge is 0.484 e. The third kappa shape index (κ3) is 6.10. The summed E-state index contributed by atoms with van der Waals surface area (Å²) >= 11 is 0. The van der Waals surface area contributed by atoms with Crippen LogP contribution >= 0.6 is 0 Å². The molecule has 0 aromatic heterocycles. The number of nitrogens with one attached hydrogen (secondary N) is 1. The molecule has 0 aliphatic rings. The molecule has 0 spiro atoms. The summed E-state index contributed by atoms with van der Waals surface area (Å²) in [6.45, 7) is 0.801. The third-order valence-corrected chi connectivity index (χ3v) is 2.39. The molecule has 5 nitrogen and oxygen atoms in total. The Morgan fingerprint density at radius 3 is 2.89 bits per heavy atom. The van der Waals surface area contributed by atoms with Gasteiger partial charge in [0.25, 0.3) is 5.91 Å². The van der Waals surface area contributed by atoms with Gasteiger partial charge in [0.2, 0.25) is 0 Å². The first-order chi connectivity index (χ1) is 8.72. The number of anilines is 1. The van der Waals surface area contributed by atoms with Crippen LogP contribution in [-0.4, -0.2) is 30.8 Å². The summed E-state index contributed by atoms with van der Waals surface area (Å²) in [5, 5.41) is 11.3. The van der Waals surface area contributed by atoms with E-state index in [0.717, 1.165) is 19.3 Å². The van der Waals surface area contributed by atoms with Gasteiger partial charge in [-0.25, -0.2) is 0 Å². The van der Waals surface area contributed by atoms with Crippen LogP contribution in [0.4, 0.5) is 5.69 Å². The second-order valence-electron chi connectivity index (χ2n) is 4.00. The molecule has 1 amide bonds. The maximum absolute atomic E-state index is 11.4. The molecule has 0 radical (unpaired) electrons. The van der Waals surface area contributed by atoms with Crippen molar-refractivity contribution in [2.45, 2.75) is 19.3 Å². The minimum atomic E-state index is -0.151. The fourth-order valence-electron chi connectivity index (χ4n) is 1.45. The van der Waals surface area contributed by atoms with Gasteiger partial charge >= 0.3 is 0 Å². The number of ether oxygens (including phenoxy) is 1. The highest BCUT2D eigenvalue weighted by molar-refractivity contribution is 5.77. The second kappa shape index (κ2) is 8.36. The summed E-state index contributed by atoms with van der Waals surface area (Å²) in [6, 6.07) is 6.96. The molecule has 0 aliphatic heterocycles. The molecule has 18 heavy (non-hydrogen) atoms. The topological polar surface area (TPSA) is 84.6 Å². The van der Waals surface area contributed by atoms with Crippen LogP contribution in [0.5, 0.6) is 5.75 Å². The number of nitrogens with two attached hydrogens (primary N) is 1. The van der Waals surface area contributed by atoms with Gasteiger partial charge in [-0.05, 0) is 31.4 Å². The molecule has 100 valence electrons. The van der Waals surface area contributed by atoms with Gasteiger partial charge in [0.1, 0.15) is 5.75 Å². The van der Waals surface area contributed by atoms with E-state index in [1.165, 1.54) is 0 Å². The summed E-state index contributed by atoms with van der Waals surface area (Å²) in [7, 11) is 0. The highest BCUT2D eigenvalue weighted by Gasteiger charge is 2.02. The molecule has 0 atom stereocenters. The van der Waals surface area contributed by atoms with Crippen molar-refractivity contribution in [1.29, 1.82) is 0 Å². The van der Waals surface area contributed by atoms with Gasteiger partial charge in [0.15, 0.2) is 6.61 Å². The Hall–Kier alpha value is -1.75. The van der Waals surface area contributed by atoms with E-state index in [1.807, 2.05) is 0 Å². The van der Waals surface area contributed by atoms with Crippen molar-refractivity contribution in [1.82, 2.24) is 5.32 Å². The molecule has 0 saturated heterocycles. The van der Waals surface area contributed by atoms with Crippen molar-refractivity contribution < 1.29 is 14.6 Å². The molecule has 0 heterocycles. The Kier molecular flexibility index (Phi) is 6.64. The van der Waals surface area contributed by atoms with Crippen molar-refractivity contribution >= 4 is 11.6 Å². The van der Waals surface area contributed by atoms with E-state index < -0.39 is 0 Å². The van der Waals surface area contributed by atoms with Gasteiger partial charge in [-0.1, -0.05) is 6.07 Å². The van der Waals surface area contributed by atoms with Crippen molar-refractivity contribution in [2.24, 2.45) is 0 Å². The number of amides is 1. The Bertz CT molecular complexity index is 369. The number of carbonyl (C=O) groups excluding carboxylic acids is 1. The van der Waals surface area contributed by atoms with Gasteiger partial charge in [0.05, 0.1) is 0 Å². The number of carbonyl (C=O) groups is 1. The van der Waals surface area contributed by atoms with Crippen molar-refractivity contribution in [3.63, 3.8) is 0 Å². The van der Waals surface area contributed by atoms with Crippen LogP contribution < -0.4 is 15.8 Å². The summed E-state index contributed by atoms with van der Waals surface area (Å²) in [5.74, 6) is 0.437. The summed E-state index contributed by atoms with van der Waals surface area (Å²) in [6.07, 6.45) is 2.55. The molecule has 1 aromatic rings. The first kappa shape index (κ1) is 14.3. The van der Waals surface area contributed by atoms with Gasteiger partial charge in [-0.3, -0.25) is 4.79 Å². The van der Waals surface area contributed by atoms with E-state index in [0.29, 0.717) is 18.0 Å². The van der Waals surface area contributed by atoms with Crippen LogP contribution in [0.2, 0.25) is 0 Å². The third-order valence-electron chi connectivity index (χ3n) is 2.39. The monoisotopic (exact) mass is 252 g/mol. The summed E-state index contributed by atoms with van der Waals surface area (Å²) in [5.41, 5.74) is 6.20. The van der Waals surface area contributed by atoms with Crippen LogP contribution in [0.3, 0.4) is 0 Å². The van der Waals surface area contributed by atoms with Gasteiger partial charge in [-0.2, -0.15) is 0 Å². The van der Waals surface area contributed by atoms with E-state index in [9.17, 15) is 4.79 Å². The van der Waals surface area contributed by atoms with E-state index >= 15 is 0 Å². The zero-order chi connectivity index (χ0) is 13.2. The smallest absolute Gasteiger partial charge is 0.257 e. The molecule has 4 N–H and O–H groups in total. The lowest BCUT2D eigenvalue weighted by atomic mass is 10.2. The number of hydrogen-bond donors (Lipinski definition) is 3. The molecule has 5 heteroatoms. The second-order valence-corrected chi connectivity index (χ2v) is 4.00. The minimum Gasteiger partial charge on any atom is -0.484 e. The molecule has 1 aromatic carbocycles. The standard InChI is InChI=1S/C13H20N2O3/c14-11-5-4-6-12(9-11)18-10-13(17)15-7-2-1-3-8-16/h4-6,9,16H,1-3,7-8,10,14H2,(H,15,17). The predicted molar refractivity (Wildman–Crippen MR) is 70.3 cm³/mol. The van der Waals surface area contributed by atoms with E-state index in [1.54, 1.807) is 24.3 Å². The first-order valence-corrected chi connectivity index (χ1v) is 6.08. The maximum Gasteiger partial charge on any atom is 0.257 e. The van der Waals surface area contributed by atoms with Crippen molar-refractivity contribution in [3.8, 4) is 5.75 Å². The average Bonchev–Trinajstić information content (AvgIpc) is 2.36. The molecule has 1 rings (SSSR count). The van der Waals surface area contributed by atoms with Gasteiger partial charge in [-0.15, -0.1) is 0 Å². The minimum absolute atomic E-state index is 0.0105. The lowest BCUT2D eigenvalue weighted by molar-refractivity contribution is -0.123. The number of aliphatic hydroxyl groups is 1. The quantitative estimate of drug-likeness (QED) is 0.474. The maximum atomic E-state index is 11.4. The van der Waals surface area contributed by atoms with E-state index in [4.69, 9.17) is 15.6 Å². The van der Waals surface area contributed by atoms with Gasteiger partial charge < -0.3 is 20.9 Å². The van der Waals surface area contributed by atoms with Crippen molar-refractivity contribution in [3.05, 3.63) is 24.3 Å². The molecular formula is C13H20N2O3. The van der Waals surface area contributed by atoms with Crippen LogP contribution in [-0.2, 0) is 4.79 Å². The van der Waals surface area contributed by atoms with Crippen LogP contribution in [0, 0.1) is 0 Å². The first-order valence-electron chi connectivity index (χ1n) is 6.08. The predicted octanol–water partition coefficient (Wildman–Crippen LogP) is 0.926. The highest BCUT2D eigenvalue weighted by Crippen LogP contribution is 2.13. The normalized spacial score (nSPS) is 10.1. The lowest BCUT2D eigenvalue weighted by Gasteiger charge is -2.07. The Morgan fingerprint density at radius 2 is 2.17 bits per heavy atom. The number of nitrogen functional groups attached to an aromatic ring is 1. The molecule has 0 bridgehead atoms. The fourth-order valence-corrected chi connectivity index (χ4v) is 1.45. The zero-order valence-corrected chi connectivity index (χ0v) is 10.4. The number of rotatable bonds is 8. The molecule has 0 fully saturated rings. The van der Waals surface area contributed by atoms with Crippen LogP contribution in [0.25, 0.3) is 0 Å².